The number of hydrogen-bond donors (Lipinski definition) is 1. The van der Waals surface area contributed by atoms with Crippen molar-refractivity contribution in [2.75, 3.05) is 11.4 Å². The van der Waals surface area contributed by atoms with Gasteiger partial charge in [-0.3, -0.25) is 4.79 Å². The molecule has 144 valence electrons. The third kappa shape index (κ3) is 3.49. The second-order valence-corrected chi connectivity index (χ2v) is 7.40. The summed E-state index contributed by atoms with van der Waals surface area (Å²) in [5.41, 5.74) is 4.90. The minimum atomic E-state index is 0.0140. The van der Waals surface area contributed by atoms with E-state index < -0.39 is 0 Å². The molecular formula is C25H22N2O2. The van der Waals surface area contributed by atoms with E-state index in [1.807, 2.05) is 77.7 Å². The fourth-order valence-electron chi connectivity index (χ4n) is 3.94. The van der Waals surface area contributed by atoms with Crippen LogP contribution in [0.25, 0.3) is 10.9 Å². The van der Waals surface area contributed by atoms with Crippen LogP contribution in [0.15, 0.2) is 78.9 Å². The maximum atomic E-state index is 13.2. The van der Waals surface area contributed by atoms with Crippen LogP contribution in [0.2, 0.25) is 0 Å². The Kier molecular flexibility index (Phi) is 4.53. The number of benzene rings is 3. The lowest BCUT2D eigenvalue weighted by molar-refractivity contribution is 0.0981. The number of anilines is 1. The van der Waals surface area contributed by atoms with Crippen LogP contribution < -0.4 is 9.64 Å². The quantitative estimate of drug-likeness (QED) is 0.518. The maximum Gasteiger partial charge on any atom is 0.274 e. The molecule has 0 atom stereocenters. The number of para-hydroxylation sites is 1. The lowest BCUT2D eigenvalue weighted by Crippen LogP contribution is -2.35. The molecule has 29 heavy (non-hydrogen) atoms. The highest BCUT2D eigenvalue weighted by Gasteiger charge is 2.24. The first kappa shape index (κ1) is 17.6. The van der Waals surface area contributed by atoms with Gasteiger partial charge in [-0.15, -0.1) is 0 Å². The maximum absolute atomic E-state index is 13.2. The lowest BCUT2D eigenvalue weighted by Gasteiger charge is -2.29. The second kappa shape index (κ2) is 7.47. The fraction of sp³-hybridized carbons (Fsp3) is 0.160. The molecule has 1 N–H and O–H groups in total. The van der Waals surface area contributed by atoms with Crippen molar-refractivity contribution in [3.05, 3.63) is 95.7 Å². The number of nitrogens with zero attached hydrogens (tertiary/aromatic N) is 1. The topological polar surface area (TPSA) is 45.3 Å². The van der Waals surface area contributed by atoms with Crippen molar-refractivity contribution in [3.8, 4) is 5.75 Å². The number of aryl methyl sites for hydroxylation is 1. The zero-order valence-electron chi connectivity index (χ0n) is 16.1. The monoisotopic (exact) mass is 382 g/mol. The van der Waals surface area contributed by atoms with Crippen LogP contribution in [0.5, 0.6) is 5.75 Å². The molecule has 0 aliphatic carbocycles. The summed E-state index contributed by atoms with van der Waals surface area (Å²) < 4.78 is 5.92. The van der Waals surface area contributed by atoms with Crippen molar-refractivity contribution >= 4 is 22.5 Å². The number of carbonyl (C=O) groups is 1. The minimum absolute atomic E-state index is 0.0140. The third-order valence-electron chi connectivity index (χ3n) is 5.43. The highest BCUT2D eigenvalue weighted by atomic mass is 16.5. The highest BCUT2D eigenvalue weighted by molar-refractivity contribution is 6.08. The second-order valence-electron chi connectivity index (χ2n) is 7.40. The van der Waals surface area contributed by atoms with E-state index in [0.717, 1.165) is 47.3 Å². The fourth-order valence-corrected chi connectivity index (χ4v) is 3.94. The Labute approximate surface area is 169 Å². The molecule has 0 unspecified atom stereocenters. The van der Waals surface area contributed by atoms with Gasteiger partial charge < -0.3 is 14.6 Å². The number of rotatable bonds is 4. The number of ether oxygens (including phenoxy) is 1. The lowest BCUT2D eigenvalue weighted by atomic mass is 10.0. The number of hydrogen-bond acceptors (Lipinski definition) is 2. The smallest absolute Gasteiger partial charge is 0.274 e. The zero-order valence-corrected chi connectivity index (χ0v) is 16.1. The van der Waals surface area contributed by atoms with Crippen molar-refractivity contribution < 1.29 is 9.53 Å². The van der Waals surface area contributed by atoms with Crippen LogP contribution in [-0.2, 0) is 13.0 Å². The molecule has 1 aromatic heterocycles. The van der Waals surface area contributed by atoms with Crippen molar-refractivity contribution in [2.24, 2.45) is 0 Å². The molecule has 4 heteroatoms. The third-order valence-corrected chi connectivity index (χ3v) is 5.43. The molecule has 1 amide bonds. The molecule has 4 nitrogen and oxygen atoms in total. The van der Waals surface area contributed by atoms with Gasteiger partial charge in [0.2, 0.25) is 0 Å². The van der Waals surface area contributed by atoms with Gasteiger partial charge in [-0.05, 0) is 48.2 Å². The number of carbonyl (C=O) groups excluding carboxylic acids is 1. The van der Waals surface area contributed by atoms with Gasteiger partial charge in [-0.25, -0.2) is 0 Å². The molecule has 0 bridgehead atoms. The molecule has 0 spiro atoms. The summed E-state index contributed by atoms with van der Waals surface area (Å²) in [4.78, 5) is 18.4. The van der Waals surface area contributed by atoms with E-state index in [4.69, 9.17) is 4.74 Å². The van der Waals surface area contributed by atoms with Crippen LogP contribution >= 0.6 is 0 Å². The van der Waals surface area contributed by atoms with Crippen molar-refractivity contribution in [1.82, 2.24) is 4.98 Å². The van der Waals surface area contributed by atoms with Gasteiger partial charge in [-0.1, -0.05) is 48.5 Å². The molecule has 1 aliphatic rings. The van der Waals surface area contributed by atoms with Crippen molar-refractivity contribution in [1.29, 1.82) is 0 Å². The van der Waals surface area contributed by atoms with E-state index in [1.165, 1.54) is 5.56 Å². The first-order valence-corrected chi connectivity index (χ1v) is 9.97. The molecule has 0 saturated heterocycles. The first-order valence-electron chi connectivity index (χ1n) is 9.97. The molecule has 4 aromatic rings. The minimum Gasteiger partial charge on any atom is -0.489 e. The van der Waals surface area contributed by atoms with E-state index in [2.05, 4.69) is 11.1 Å². The van der Waals surface area contributed by atoms with Crippen LogP contribution in [0.3, 0.4) is 0 Å². The standard InChI is InChI=1S/C25H22N2O2/c28-25(27-14-6-10-19-9-4-5-11-24(19)27)23-15-20-12-13-21(16-22(20)26-23)29-17-18-7-2-1-3-8-18/h1-5,7-9,11-13,15-16,26H,6,10,14,17H2. The van der Waals surface area contributed by atoms with E-state index >= 15 is 0 Å². The normalized spacial score (nSPS) is 13.3. The average molecular weight is 382 g/mol. The SMILES string of the molecule is O=C(c1cc2ccc(OCc3ccccc3)cc2[nH]1)N1CCCc2ccccc21. The Hall–Kier alpha value is -3.53. The molecular weight excluding hydrogens is 360 g/mol. The van der Waals surface area contributed by atoms with Crippen LogP contribution in [-0.4, -0.2) is 17.4 Å². The summed E-state index contributed by atoms with van der Waals surface area (Å²) >= 11 is 0. The summed E-state index contributed by atoms with van der Waals surface area (Å²) in [5, 5.41) is 1.01. The van der Waals surface area contributed by atoms with Gasteiger partial charge in [0.15, 0.2) is 0 Å². The van der Waals surface area contributed by atoms with Crippen LogP contribution in [0.1, 0.15) is 28.0 Å². The predicted octanol–water partition coefficient (Wildman–Crippen LogP) is 5.34. The highest BCUT2D eigenvalue weighted by Crippen LogP contribution is 2.29. The Bertz CT molecular complexity index is 1160. The van der Waals surface area contributed by atoms with Crippen LogP contribution in [0, 0.1) is 0 Å². The summed E-state index contributed by atoms with van der Waals surface area (Å²) in [6.45, 7) is 1.26. The largest absolute Gasteiger partial charge is 0.489 e. The Morgan fingerprint density at radius 2 is 1.79 bits per heavy atom. The Balaban J connectivity index is 1.38. The van der Waals surface area contributed by atoms with Gasteiger partial charge in [-0.2, -0.15) is 0 Å². The van der Waals surface area contributed by atoms with E-state index in [9.17, 15) is 4.79 Å². The average Bonchev–Trinajstić information content (AvgIpc) is 3.21. The first-order chi connectivity index (χ1) is 14.3. The molecule has 1 aliphatic heterocycles. The van der Waals surface area contributed by atoms with Gasteiger partial charge in [0.25, 0.3) is 5.91 Å². The molecule has 3 aromatic carbocycles. The number of amides is 1. The van der Waals surface area contributed by atoms with Crippen LogP contribution in [0.4, 0.5) is 5.69 Å². The number of H-pyrrole nitrogens is 1. The van der Waals surface area contributed by atoms with Crippen molar-refractivity contribution in [3.63, 3.8) is 0 Å². The molecule has 0 radical (unpaired) electrons. The van der Waals surface area contributed by atoms with Gasteiger partial charge in [0.1, 0.15) is 18.1 Å². The van der Waals surface area contributed by atoms with Gasteiger partial charge in [0.05, 0.1) is 0 Å². The molecule has 2 heterocycles. The Morgan fingerprint density at radius 3 is 2.69 bits per heavy atom. The molecule has 0 fully saturated rings. The van der Waals surface area contributed by atoms with Gasteiger partial charge >= 0.3 is 0 Å². The van der Waals surface area contributed by atoms with Crippen molar-refractivity contribution in [2.45, 2.75) is 19.4 Å². The van der Waals surface area contributed by atoms with E-state index in [-0.39, 0.29) is 5.91 Å². The summed E-state index contributed by atoms with van der Waals surface area (Å²) in [6, 6.07) is 26.1. The number of aromatic amines is 1. The number of nitrogens with one attached hydrogen (secondary N) is 1. The summed E-state index contributed by atoms with van der Waals surface area (Å²) in [7, 11) is 0. The summed E-state index contributed by atoms with van der Waals surface area (Å²) in [6.07, 6.45) is 2.01. The van der Waals surface area contributed by atoms with Gasteiger partial charge in [0, 0.05) is 29.2 Å². The molecule has 0 saturated carbocycles. The van der Waals surface area contributed by atoms with E-state index in [0.29, 0.717) is 12.3 Å². The Morgan fingerprint density at radius 1 is 0.966 bits per heavy atom. The number of fused-ring (bicyclic) bond motifs is 2. The molecule has 5 rings (SSSR count). The van der Waals surface area contributed by atoms with E-state index in [1.54, 1.807) is 0 Å². The number of aromatic nitrogens is 1. The summed E-state index contributed by atoms with van der Waals surface area (Å²) in [5.74, 6) is 0.797. The zero-order chi connectivity index (χ0) is 19.6. The predicted molar refractivity (Wildman–Crippen MR) is 116 cm³/mol.